The van der Waals surface area contributed by atoms with Crippen molar-refractivity contribution >= 4 is 19.4 Å². The molecule has 0 spiro atoms. The van der Waals surface area contributed by atoms with Crippen LogP contribution in [-0.4, -0.2) is 0 Å². The quantitative estimate of drug-likeness (QED) is 0.563. The smallest absolute Gasteiger partial charge is 0 e. The summed E-state index contributed by atoms with van der Waals surface area (Å²) in [6, 6.07) is 0. The summed E-state index contributed by atoms with van der Waals surface area (Å²) in [7, 11) is 9.90. The minimum atomic E-state index is -0.931. The van der Waals surface area contributed by atoms with Crippen LogP contribution in [0, 0.1) is 0 Å². The van der Waals surface area contributed by atoms with Crippen LogP contribution in [0.25, 0.3) is 0 Å². The summed E-state index contributed by atoms with van der Waals surface area (Å²) >= 11 is -0.931. The topological polar surface area (TPSA) is 0 Å². The molecule has 0 aliphatic carbocycles. The van der Waals surface area contributed by atoms with Crippen molar-refractivity contribution in [3.8, 4) is 0 Å². The Bertz CT molecular complexity index is 6.00. The molecule has 0 N–H and O–H groups in total. The van der Waals surface area contributed by atoms with Gasteiger partial charge in [0, 0.05) is 20.4 Å². The van der Waals surface area contributed by atoms with Gasteiger partial charge in [-0.25, -0.2) is 0 Å². The summed E-state index contributed by atoms with van der Waals surface area (Å²) in [5, 5.41) is 0. The van der Waals surface area contributed by atoms with Crippen LogP contribution < -0.4 is 0 Å². The van der Waals surface area contributed by atoms with Crippen molar-refractivity contribution in [2.45, 2.75) is 0 Å². The molecule has 0 aromatic rings. The van der Waals surface area contributed by atoms with Gasteiger partial charge in [0.05, 0.1) is 0 Å². The van der Waals surface area contributed by atoms with E-state index >= 15 is 0 Å². The van der Waals surface area contributed by atoms with Crippen molar-refractivity contribution in [2.24, 2.45) is 0 Å². The van der Waals surface area contributed by atoms with Gasteiger partial charge in [-0.05, 0) is 0 Å². The average molecular weight is 243 g/mol. The maximum atomic E-state index is 4.95. The van der Waals surface area contributed by atoms with E-state index in [1.54, 1.807) is 0 Å². The largest absolute Gasteiger partial charge is 0 e. The Hall–Kier alpha value is 1.87. The third kappa shape index (κ3) is 9.12. The zero-order valence-corrected chi connectivity index (χ0v) is 7.81. The molecule has 0 aliphatic rings. The first-order valence-electron chi connectivity index (χ1n) is 0.535. The molecular weight excluding hydrogens is 243 g/mol. The third-order valence-corrected chi connectivity index (χ3v) is 0. The van der Waals surface area contributed by atoms with Crippen LogP contribution in [-0.2, 0) is 35.6 Å². The number of halogens is 2. The van der Waals surface area contributed by atoms with Gasteiger partial charge < -0.3 is 0 Å². The van der Waals surface area contributed by atoms with Gasteiger partial charge in [0.2, 0.25) is 0 Å². The van der Waals surface area contributed by atoms with E-state index < -0.39 is 15.1 Å². The van der Waals surface area contributed by atoms with Gasteiger partial charge >= 0.3 is 34.5 Å². The summed E-state index contributed by atoms with van der Waals surface area (Å²) in [4.78, 5) is 0. The molecule has 0 aromatic carbocycles. The van der Waals surface area contributed by atoms with E-state index in [9.17, 15) is 0 Å². The molecule has 4 heteroatoms. The average Bonchev–Trinajstić information content (AvgIpc) is 0.918. The van der Waals surface area contributed by atoms with Gasteiger partial charge in [-0.3, -0.25) is 0 Å². The Morgan fingerprint density at radius 2 is 1.25 bits per heavy atom. The van der Waals surface area contributed by atoms with Gasteiger partial charge in [-0.1, -0.05) is 0 Å². The van der Waals surface area contributed by atoms with Gasteiger partial charge in [0.15, 0.2) is 0 Å². The second-order valence-corrected chi connectivity index (χ2v) is 4.72. The van der Waals surface area contributed by atoms with Crippen LogP contribution in [0.5, 0.6) is 0 Å². The van der Waals surface area contributed by atoms with Crippen LogP contribution >= 0.6 is 19.4 Å². The fourth-order valence-electron chi connectivity index (χ4n) is 0. The van der Waals surface area contributed by atoms with E-state index in [1.807, 2.05) is 0 Å². The van der Waals surface area contributed by atoms with Crippen molar-refractivity contribution in [1.29, 1.82) is 0 Å². The second kappa shape index (κ2) is 8.85. The molecule has 4 heavy (non-hydrogen) atoms. The van der Waals surface area contributed by atoms with Gasteiger partial charge in [0.1, 0.15) is 0 Å². The SMILES string of the molecule is [Cl][Zn][Cl].[Pd]. The molecular formula is Cl2PdZn. The summed E-state index contributed by atoms with van der Waals surface area (Å²) in [5.41, 5.74) is 0. The third-order valence-electron chi connectivity index (χ3n) is 0. The van der Waals surface area contributed by atoms with Crippen molar-refractivity contribution in [3.63, 3.8) is 0 Å². The van der Waals surface area contributed by atoms with Crippen molar-refractivity contribution in [2.75, 3.05) is 0 Å². The van der Waals surface area contributed by atoms with Crippen LogP contribution in [0.3, 0.4) is 0 Å². The van der Waals surface area contributed by atoms with Gasteiger partial charge in [-0.2, -0.15) is 0 Å². The molecule has 0 rings (SSSR count). The first-order valence-corrected chi connectivity index (χ1v) is 8.33. The van der Waals surface area contributed by atoms with E-state index in [4.69, 9.17) is 19.4 Å². The minimum Gasteiger partial charge on any atom is 0 e. The molecule has 0 aliphatic heterocycles. The van der Waals surface area contributed by atoms with Crippen molar-refractivity contribution in [1.82, 2.24) is 0 Å². The molecule has 0 saturated carbocycles. The fourth-order valence-corrected chi connectivity index (χ4v) is 0. The second-order valence-electron chi connectivity index (χ2n) is 0.101. The Labute approximate surface area is 54.6 Å². The summed E-state index contributed by atoms with van der Waals surface area (Å²) in [6.45, 7) is 0. The molecule has 26 valence electrons. The van der Waals surface area contributed by atoms with E-state index in [2.05, 4.69) is 0 Å². The maximum Gasteiger partial charge on any atom is 0 e. The molecule has 0 radical (unpaired) electrons. The van der Waals surface area contributed by atoms with Crippen LogP contribution in [0.15, 0.2) is 0 Å². The Balaban J connectivity index is 0. The molecule has 0 saturated heterocycles. The first kappa shape index (κ1) is 9.29. The zero-order valence-electron chi connectivity index (χ0n) is 1.78. The van der Waals surface area contributed by atoms with Crippen molar-refractivity contribution < 1.29 is 35.6 Å². The zero-order chi connectivity index (χ0) is 2.71. The summed E-state index contributed by atoms with van der Waals surface area (Å²) < 4.78 is 0. The standard InChI is InChI=1S/2ClH.Pd.Zn/h2*1H;;/q;;;+2/p-2. The Morgan fingerprint density at radius 1 is 1.25 bits per heavy atom. The maximum absolute atomic E-state index is 4.95. The van der Waals surface area contributed by atoms with Gasteiger partial charge in [0.25, 0.3) is 0 Å². The normalized spacial score (nSPS) is 2.50. The van der Waals surface area contributed by atoms with Crippen LogP contribution in [0.1, 0.15) is 0 Å². The predicted molar refractivity (Wildman–Crippen MR) is 11.7 cm³/mol. The minimum absolute atomic E-state index is 0. The van der Waals surface area contributed by atoms with Crippen LogP contribution in [0.2, 0.25) is 0 Å². The van der Waals surface area contributed by atoms with E-state index in [-0.39, 0.29) is 20.4 Å². The van der Waals surface area contributed by atoms with E-state index in [0.717, 1.165) is 0 Å². The molecule has 0 nitrogen and oxygen atoms in total. The Morgan fingerprint density at radius 3 is 1.25 bits per heavy atom. The van der Waals surface area contributed by atoms with Gasteiger partial charge in [-0.15, -0.1) is 0 Å². The molecule has 0 heterocycles. The van der Waals surface area contributed by atoms with Crippen molar-refractivity contribution in [3.05, 3.63) is 0 Å². The number of hydrogen-bond acceptors (Lipinski definition) is 0. The molecule has 0 atom stereocenters. The predicted octanol–water partition coefficient (Wildman–Crippen LogP) is 1.37. The Kier molecular flexibility index (Phi) is 20.6. The monoisotopic (exact) mass is 240 g/mol. The number of hydrogen-bond donors (Lipinski definition) is 0. The van der Waals surface area contributed by atoms with E-state index in [0.29, 0.717) is 0 Å². The number of rotatable bonds is 0. The molecule has 0 aromatic heterocycles. The summed E-state index contributed by atoms with van der Waals surface area (Å²) in [5.74, 6) is 0. The molecule has 0 amide bonds. The molecule has 0 bridgehead atoms. The summed E-state index contributed by atoms with van der Waals surface area (Å²) in [6.07, 6.45) is 0. The first-order chi connectivity index (χ1) is 1.41. The van der Waals surface area contributed by atoms with E-state index in [1.165, 1.54) is 0 Å². The molecule has 0 unspecified atom stereocenters. The molecule has 0 fully saturated rings. The fraction of sp³-hybridized carbons (Fsp3) is 0. The van der Waals surface area contributed by atoms with Crippen LogP contribution in [0.4, 0.5) is 0 Å².